The number of hydrogen-bond acceptors (Lipinski definition) is 4. The van der Waals surface area contributed by atoms with E-state index in [-0.39, 0.29) is 14.7 Å². The van der Waals surface area contributed by atoms with Gasteiger partial charge in [-0.3, -0.25) is 0 Å². The third-order valence-corrected chi connectivity index (χ3v) is 7.12. The normalized spacial score (nSPS) is 20.6. The van der Waals surface area contributed by atoms with Crippen LogP contribution in [0, 0.1) is 0 Å². The zero-order valence-electron chi connectivity index (χ0n) is 11.6. The highest BCUT2D eigenvalue weighted by atomic mass is 35.5. The molecule has 1 heterocycles. The molecule has 0 spiro atoms. The Balaban J connectivity index is 2.33. The Hall–Kier alpha value is -0.430. The maximum atomic E-state index is 12.7. The lowest BCUT2D eigenvalue weighted by Crippen LogP contribution is -2.33. The second-order valence-electron chi connectivity index (χ2n) is 5.45. The maximum absolute atomic E-state index is 12.7. The van der Waals surface area contributed by atoms with Crippen molar-refractivity contribution in [2.45, 2.75) is 29.9 Å². The third kappa shape index (κ3) is 3.42. The van der Waals surface area contributed by atoms with Gasteiger partial charge >= 0.3 is 0 Å². The van der Waals surface area contributed by atoms with Crippen molar-refractivity contribution in [3.63, 3.8) is 0 Å². The van der Waals surface area contributed by atoms with Crippen LogP contribution in [0.3, 0.4) is 0 Å². The molecule has 1 saturated heterocycles. The minimum atomic E-state index is -3.58. The van der Waals surface area contributed by atoms with Gasteiger partial charge < -0.3 is 5.73 Å². The lowest BCUT2D eigenvalue weighted by atomic mass is 10.1. The van der Waals surface area contributed by atoms with Crippen LogP contribution < -0.4 is 5.73 Å². The number of anilines is 1. The molecule has 4 nitrogen and oxygen atoms in total. The van der Waals surface area contributed by atoms with Crippen molar-refractivity contribution < 1.29 is 8.42 Å². The number of sulfonamides is 1. The number of halogens is 1. The summed E-state index contributed by atoms with van der Waals surface area (Å²) in [5.41, 5.74) is 6.08. The van der Waals surface area contributed by atoms with Crippen molar-refractivity contribution in [3.05, 3.63) is 23.2 Å². The summed E-state index contributed by atoms with van der Waals surface area (Å²) in [4.78, 5) is 0.101. The number of hydrogen-bond donors (Lipinski definition) is 1. The second-order valence-corrected chi connectivity index (χ2v) is 9.57. The molecule has 0 aliphatic carbocycles. The van der Waals surface area contributed by atoms with Crippen LogP contribution in [-0.4, -0.2) is 36.3 Å². The predicted molar refractivity (Wildman–Crippen MR) is 85.8 cm³/mol. The first-order valence-electron chi connectivity index (χ1n) is 6.41. The Bertz CT molecular complexity index is 602. The molecule has 0 aromatic heterocycles. The van der Waals surface area contributed by atoms with Crippen molar-refractivity contribution in [1.82, 2.24) is 4.31 Å². The Morgan fingerprint density at radius 2 is 2.05 bits per heavy atom. The highest BCUT2D eigenvalue weighted by Gasteiger charge is 2.32. The molecule has 0 atom stereocenters. The van der Waals surface area contributed by atoms with E-state index < -0.39 is 10.0 Å². The standard InChI is InChI=1S/C13H19ClN2O2S2/c1-13(2)5-6-16(7-8-19-13)20(17,18)12-9-10(15)3-4-11(12)14/h3-4,9H,5-8,15H2,1-2H3. The van der Waals surface area contributed by atoms with E-state index in [1.54, 1.807) is 17.8 Å². The fourth-order valence-corrected chi connectivity index (χ4v) is 5.27. The van der Waals surface area contributed by atoms with Gasteiger partial charge in [0.2, 0.25) is 10.0 Å². The van der Waals surface area contributed by atoms with Crippen molar-refractivity contribution in [2.75, 3.05) is 24.6 Å². The van der Waals surface area contributed by atoms with E-state index in [9.17, 15) is 8.42 Å². The van der Waals surface area contributed by atoms with E-state index in [2.05, 4.69) is 13.8 Å². The van der Waals surface area contributed by atoms with E-state index in [0.717, 1.165) is 12.2 Å². The van der Waals surface area contributed by atoms with E-state index >= 15 is 0 Å². The van der Waals surface area contributed by atoms with Gasteiger partial charge in [0.15, 0.2) is 0 Å². The summed E-state index contributed by atoms with van der Waals surface area (Å²) in [6, 6.07) is 4.56. The molecule has 2 N–H and O–H groups in total. The summed E-state index contributed by atoms with van der Waals surface area (Å²) in [7, 11) is -3.58. The Labute approximate surface area is 129 Å². The molecular weight excluding hydrogens is 316 g/mol. The SMILES string of the molecule is CC1(C)CCN(S(=O)(=O)c2cc(N)ccc2Cl)CCS1. The van der Waals surface area contributed by atoms with Gasteiger partial charge in [-0.1, -0.05) is 25.4 Å². The van der Waals surface area contributed by atoms with Crippen molar-refractivity contribution >= 4 is 39.1 Å². The van der Waals surface area contributed by atoms with Crippen LogP contribution >= 0.6 is 23.4 Å². The van der Waals surface area contributed by atoms with Gasteiger partial charge in [-0.25, -0.2) is 8.42 Å². The molecule has 0 radical (unpaired) electrons. The summed E-state index contributed by atoms with van der Waals surface area (Å²) in [5.74, 6) is 0.784. The van der Waals surface area contributed by atoms with E-state index in [1.807, 2.05) is 0 Å². The lowest BCUT2D eigenvalue weighted by Gasteiger charge is -2.22. The van der Waals surface area contributed by atoms with E-state index in [4.69, 9.17) is 17.3 Å². The van der Waals surface area contributed by atoms with Gasteiger partial charge in [-0.05, 0) is 24.6 Å². The van der Waals surface area contributed by atoms with Gasteiger partial charge in [0.05, 0.1) is 5.02 Å². The summed E-state index contributed by atoms with van der Waals surface area (Å²) >= 11 is 7.83. The van der Waals surface area contributed by atoms with Gasteiger partial charge in [-0.15, -0.1) is 0 Å². The number of thioether (sulfide) groups is 1. The average molecular weight is 335 g/mol. The largest absolute Gasteiger partial charge is 0.399 e. The molecular formula is C13H19ClN2O2S2. The molecule has 0 saturated carbocycles. The number of nitrogens with two attached hydrogens (primary N) is 1. The molecule has 2 rings (SSSR count). The highest BCUT2D eigenvalue weighted by molar-refractivity contribution is 8.00. The van der Waals surface area contributed by atoms with Gasteiger partial charge in [0.1, 0.15) is 4.90 Å². The first-order valence-corrected chi connectivity index (χ1v) is 9.22. The third-order valence-electron chi connectivity index (χ3n) is 3.37. The zero-order valence-corrected chi connectivity index (χ0v) is 14.0. The predicted octanol–water partition coefficient (Wildman–Crippen LogP) is 2.83. The summed E-state index contributed by atoms with van der Waals surface area (Å²) in [6.07, 6.45) is 0.816. The molecule has 1 fully saturated rings. The quantitative estimate of drug-likeness (QED) is 0.845. The van der Waals surface area contributed by atoms with Crippen molar-refractivity contribution in [1.29, 1.82) is 0 Å². The van der Waals surface area contributed by atoms with Crippen LogP contribution in [0.5, 0.6) is 0 Å². The Morgan fingerprint density at radius 3 is 2.75 bits per heavy atom. The molecule has 1 aliphatic rings. The molecule has 1 aromatic rings. The first kappa shape index (κ1) is 15.9. The summed E-state index contributed by atoms with van der Waals surface area (Å²) in [5, 5.41) is 0.218. The minimum Gasteiger partial charge on any atom is -0.399 e. The van der Waals surface area contributed by atoms with Crippen LogP contribution in [0.2, 0.25) is 5.02 Å². The molecule has 112 valence electrons. The summed E-state index contributed by atoms with van der Waals surface area (Å²) < 4.78 is 27.0. The van der Waals surface area contributed by atoms with Gasteiger partial charge in [0, 0.05) is 29.3 Å². The molecule has 20 heavy (non-hydrogen) atoms. The van der Waals surface area contributed by atoms with E-state index in [0.29, 0.717) is 18.8 Å². The van der Waals surface area contributed by atoms with Crippen molar-refractivity contribution in [2.24, 2.45) is 0 Å². The zero-order chi connectivity index (χ0) is 15.0. The Kier molecular flexibility index (Phi) is 4.59. The first-order chi connectivity index (χ1) is 9.22. The molecule has 1 aliphatic heterocycles. The fourth-order valence-electron chi connectivity index (χ4n) is 2.10. The fraction of sp³-hybridized carbons (Fsp3) is 0.538. The number of benzene rings is 1. The number of rotatable bonds is 2. The van der Waals surface area contributed by atoms with Crippen LogP contribution in [0.25, 0.3) is 0 Å². The van der Waals surface area contributed by atoms with Crippen LogP contribution in [0.1, 0.15) is 20.3 Å². The highest BCUT2D eigenvalue weighted by Crippen LogP contribution is 2.34. The Morgan fingerprint density at radius 1 is 1.35 bits per heavy atom. The number of nitrogen functional groups attached to an aromatic ring is 1. The topological polar surface area (TPSA) is 63.4 Å². The van der Waals surface area contributed by atoms with Gasteiger partial charge in [0.25, 0.3) is 0 Å². The maximum Gasteiger partial charge on any atom is 0.244 e. The van der Waals surface area contributed by atoms with Gasteiger partial charge in [-0.2, -0.15) is 16.1 Å². The minimum absolute atomic E-state index is 0.101. The smallest absolute Gasteiger partial charge is 0.244 e. The summed E-state index contributed by atoms with van der Waals surface area (Å²) in [6.45, 7) is 5.29. The van der Waals surface area contributed by atoms with E-state index in [1.165, 1.54) is 16.4 Å². The van der Waals surface area contributed by atoms with Crippen LogP contribution in [-0.2, 0) is 10.0 Å². The van der Waals surface area contributed by atoms with Crippen LogP contribution in [0.15, 0.2) is 23.1 Å². The molecule has 7 heteroatoms. The monoisotopic (exact) mass is 334 g/mol. The second kappa shape index (κ2) is 5.75. The molecule has 0 bridgehead atoms. The lowest BCUT2D eigenvalue weighted by molar-refractivity contribution is 0.415. The number of nitrogens with zero attached hydrogens (tertiary/aromatic N) is 1. The van der Waals surface area contributed by atoms with Crippen LogP contribution in [0.4, 0.5) is 5.69 Å². The molecule has 0 unspecified atom stereocenters. The molecule has 1 aromatic carbocycles. The molecule has 0 amide bonds. The van der Waals surface area contributed by atoms with Crippen molar-refractivity contribution in [3.8, 4) is 0 Å². The average Bonchev–Trinajstić information content (AvgIpc) is 2.53.